The number of nitrogens with zero attached hydrogens (tertiary/aromatic N) is 2. The van der Waals surface area contributed by atoms with Gasteiger partial charge in [0.05, 0.1) is 0 Å². The molecule has 0 saturated carbocycles. The molecule has 0 spiro atoms. The third-order valence-corrected chi connectivity index (χ3v) is 2.83. The van der Waals surface area contributed by atoms with Gasteiger partial charge in [-0.15, -0.1) is 0 Å². The Labute approximate surface area is 110 Å². The van der Waals surface area contributed by atoms with Crippen molar-refractivity contribution in [3.05, 3.63) is 47.0 Å². The van der Waals surface area contributed by atoms with Gasteiger partial charge in [0, 0.05) is 49.6 Å². The zero-order chi connectivity index (χ0) is 13.7. The molecule has 0 aliphatic carbocycles. The normalized spacial score (nSPS) is 10.2. The number of anilines is 1. The topological polar surface area (TPSA) is 66.1 Å². The molecule has 0 aliphatic rings. The lowest BCUT2D eigenvalue weighted by molar-refractivity contribution is -0.107. The molecule has 0 unspecified atom stereocenters. The lowest BCUT2D eigenvalue weighted by atomic mass is 10.1. The van der Waals surface area contributed by atoms with Crippen molar-refractivity contribution in [1.29, 1.82) is 0 Å². The number of H-pyrrole nitrogens is 1. The van der Waals surface area contributed by atoms with Crippen molar-refractivity contribution < 1.29 is 4.79 Å². The van der Waals surface area contributed by atoms with Crippen LogP contribution in [0.5, 0.6) is 0 Å². The third-order valence-electron chi connectivity index (χ3n) is 2.83. The highest BCUT2D eigenvalue weighted by atomic mass is 16.1. The lowest BCUT2D eigenvalue weighted by Gasteiger charge is -2.20. The van der Waals surface area contributed by atoms with Gasteiger partial charge in [0.2, 0.25) is 5.56 Å². The van der Waals surface area contributed by atoms with Crippen LogP contribution in [0.15, 0.2) is 41.5 Å². The summed E-state index contributed by atoms with van der Waals surface area (Å²) < 4.78 is 0. The van der Waals surface area contributed by atoms with E-state index >= 15 is 0 Å². The van der Waals surface area contributed by atoms with Gasteiger partial charge in [-0.1, -0.05) is 6.07 Å². The van der Waals surface area contributed by atoms with Crippen LogP contribution in [-0.2, 0) is 4.79 Å². The van der Waals surface area contributed by atoms with Gasteiger partial charge >= 0.3 is 0 Å². The van der Waals surface area contributed by atoms with Crippen LogP contribution in [0, 0.1) is 0 Å². The second kappa shape index (κ2) is 5.95. The highest BCUT2D eigenvalue weighted by Gasteiger charge is 2.10. The average Bonchev–Trinajstić information content (AvgIpc) is 2.45. The first-order chi connectivity index (χ1) is 9.22. The number of aromatic amines is 1. The Balaban J connectivity index is 2.44. The summed E-state index contributed by atoms with van der Waals surface area (Å²) >= 11 is 0. The minimum Gasteiger partial charge on any atom is -0.360 e. The molecule has 0 atom stereocenters. The van der Waals surface area contributed by atoms with Gasteiger partial charge in [-0.3, -0.25) is 9.78 Å². The van der Waals surface area contributed by atoms with Crippen LogP contribution in [0.2, 0.25) is 0 Å². The maximum Gasteiger partial charge on any atom is 0.249 e. The lowest BCUT2D eigenvalue weighted by Crippen LogP contribution is -2.23. The van der Waals surface area contributed by atoms with Gasteiger partial charge in [-0.2, -0.15) is 0 Å². The molecule has 5 nitrogen and oxygen atoms in total. The number of hydrogen-bond acceptors (Lipinski definition) is 4. The van der Waals surface area contributed by atoms with Crippen LogP contribution in [0.25, 0.3) is 11.1 Å². The van der Waals surface area contributed by atoms with Crippen molar-refractivity contribution in [1.82, 2.24) is 9.97 Å². The average molecular weight is 257 g/mol. The van der Waals surface area contributed by atoms with Crippen molar-refractivity contribution in [2.45, 2.75) is 6.42 Å². The summed E-state index contributed by atoms with van der Waals surface area (Å²) in [5, 5.41) is 0. The molecule has 0 bridgehead atoms. The molecule has 19 heavy (non-hydrogen) atoms. The number of hydrogen-bond donors (Lipinski definition) is 1. The van der Waals surface area contributed by atoms with E-state index in [1.165, 1.54) is 6.07 Å². The molecule has 0 aromatic carbocycles. The summed E-state index contributed by atoms with van der Waals surface area (Å²) in [6.45, 7) is 0.552. The number of carbonyl (C=O) groups excluding carboxylic acids is 1. The highest BCUT2D eigenvalue weighted by Crippen LogP contribution is 2.26. The predicted molar refractivity (Wildman–Crippen MR) is 74.2 cm³/mol. The van der Waals surface area contributed by atoms with Crippen LogP contribution in [0.1, 0.15) is 6.42 Å². The van der Waals surface area contributed by atoms with Gasteiger partial charge in [-0.25, -0.2) is 0 Å². The van der Waals surface area contributed by atoms with Crippen LogP contribution in [0.4, 0.5) is 5.82 Å². The number of aromatic nitrogens is 2. The van der Waals surface area contributed by atoms with Gasteiger partial charge in [-0.05, 0) is 12.1 Å². The Kier molecular flexibility index (Phi) is 4.07. The molecule has 0 aliphatic heterocycles. The fraction of sp³-hybridized carbons (Fsp3) is 0.214. The smallest absolute Gasteiger partial charge is 0.249 e. The molecule has 2 heterocycles. The molecule has 0 radical (unpaired) electrons. The molecular weight excluding hydrogens is 242 g/mol. The Morgan fingerprint density at radius 3 is 2.89 bits per heavy atom. The molecule has 0 fully saturated rings. The number of carbonyl (C=O) groups is 1. The highest BCUT2D eigenvalue weighted by molar-refractivity contribution is 5.75. The third kappa shape index (κ3) is 3.07. The molecule has 5 heteroatoms. The fourth-order valence-corrected chi connectivity index (χ4v) is 1.88. The number of pyridine rings is 2. The number of aldehydes is 1. The van der Waals surface area contributed by atoms with E-state index in [4.69, 9.17) is 0 Å². The van der Waals surface area contributed by atoms with E-state index in [0.29, 0.717) is 18.8 Å². The minimum atomic E-state index is -0.166. The van der Waals surface area contributed by atoms with Gasteiger partial charge in [0.15, 0.2) is 0 Å². The monoisotopic (exact) mass is 257 g/mol. The van der Waals surface area contributed by atoms with E-state index in [9.17, 15) is 9.59 Å². The predicted octanol–water partition coefficient (Wildman–Crippen LogP) is 1.46. The van der Waals surface area contributed by atoms with E-state index in [2.05, 4.69) is 9.97 Å². The molecule has 98 valence electrons. The van der Waals surface area contributed by atoms with Crippen molar-refractivity contribution in [3.63, 3.8) is 0 Å². The molecule has 2 aromatic heterocycles. The Bertz CT molecular complexity index is 608. The molecule has 0 saturated heterocycles. The van der Waals surface area contributed by atoms with Crippen LogP contribution in [0.3, 0.4) is 0 Å². The summed E-state index contributed by atoms with van der Waals surface area (Å²) in [5.74, 6) is 0.697. The number of rotatable bonds is 5. The summed E-state index contributed by atoms with van der Waals surface area (Å²) in [7, 11) is 1.84. The zero-order valence-corrected chi connectivity index (χ0v) is 10.7. The van der Waals surface area contributed by atoms with Gasteiger partial charge < -0.3 is 14.7 Å². The molecule has 0 amide bonds. The van der Waals surface area contributed by atoms with E-state index < -0.39 is 0 Å². The van der Waals surface area contributed by atoms with Crippen molar-refractivity contribution >= 4 is 12.1 Å². The van der Waals surface area contributed by atoms with E-state index in [0.717, 1.165) is 17.4 Å². The first-order valence-electron chi connectivity index (χ1n) is 6.01. The molecule has 2 aromatic rings. The second-order valence-corrected chi connectivity index (χ2v) is 4.20. The SMILES string of the molecule is CN(CCC=O)c1[nH]c(=O)ccc1-c1cccnc1. The van der Waals surface area contributed by atoms with E-state index in [1.807, 2.05) is 24.1 Å². The standard InChI is InChI=1S/C14H15N3O2/c1-17(8-3-9-18)14-12(5-6-13(19)16-14)11-4-2-7-15-10-11/h2,4-7,9-10H,3,8H2,1H3,(H,16,19). The Hall–Kier alpha value is -2.43. The van der Waals surface area contributed by atoms with Gasteiger partial charge in [0.1, 0.15) is 12.1 Å². The summed E-state index contributed by atoms with van der Waals surface area (Å²) in [6, 6.07) is 7.02. The summed E-state index contributed by atoms with van der Waals surface area (Å²) in [6.07, 6.45) is 4.72. The van der Waals surface area contributed by atoms with Crippen LogP contribution < -0.4 is 10.5 Å². The summed E-state index contributed by atoms with van der Waals surface area (Å²) in [5.41, 5.74) is 1.65. The largest absolute Gasteiger partial charge is 0.360 e. The molecular formula is C14H15N3O2. The van der Waals surface area contributed by atoms with Crippen molar-refractivity contribution in [3.8, 4) is 11.1 Å². The second-order valence-electron chi connectivity index (χ2n) is 4.20. The first-order valence-corrected chi connectivity index (χ1v) is 6.01. The first kappa shape index (κ1) is 13.0. The maximum absolute atomic E-state index is 11.5. The molecule has 2 rings (SSSR count). The Morgan fingerprint density at radius 1 is 1.37 bits per heavy atom. The maximum atomic E-state index is 11.5. The van der Waals surface area contributed by atoms with E-state index in [1.54, 1.807) is 18.5 Å². The number of nitrogens with one attached hydrogen (secondary N) is 1. The fourth-order valence-electron chi connectivity index (χ4n) is 1.88. The summed E-state index contributed by atoms with van der Waals surface area (Å²) in [4.78, 5) is 30.7. The molecule has 1 N–H and O–H groups in total. The van der Waals surface area contributed by atoms with E-state index in [-0.39, 0.29) is 5.56 Å². The van der Waals surface area contributed by atoms with Crippen molar-refractivity contribution in [2.24, 2.45) is 0 Å². The zero-order valence-electron chi connectivity index (χ0n) is 10.7. The minimum absolute atomic E-state index is 0.166. The van der Waals surface area contributed by atoms with Crippen LogP contribution in [-0.4, -0.2) is 29.8 Å². The quantitative estimate of drug-likeness (QED) is 0.823. The van der Waals surface area contributed by atoms with Crippen molar-refractivity contribution in [2.75, 3.05) is 18.5 Å². The van der Waals surface area contributed by atoms with Crippen LogP contribution >= 0.6 is 0 Å². The van der Waals surface area contributed by atoms with Gasteiger partial charge in [0.25, 0.3) is 0 Å². The Morgan fingerprint density at radius 2 is 2.21 bits per heavy atom.